The molecule has 0 bridgehead atoms. The molecule has 4 amide bonds. The molecule has 2 saturated heterocycles. The summed E-state index contributed by atoms with van der Waals surface area (Å²) in [7, 11) is 1.97. The molecule has 0 radical (unpaired) electrons. The summed E-state index contributed by atoms with van der Waals surface area (Å²) in [6.07, 6.45) is 8.94. The number of carbonyl (C=O) groups excluding carboxylic acids is 3. The second kappa shape index (κ2) is 23.1. The van der Waals surface area contributed by atoms with E-state index in [0.29, 0.717) is 77.0 Å². The third kappa shape index (κ3) is 16.3. The Labute approximate surface area is 329 Å². The number of thioether (sulfide) groups is 1. The Hall–Kier alpha value is -3.09. The van der Waals surface area contributed by atoms with Crippen LogP contribution < -0.4 is 21.4 Å². The van der Waals surface area contributed by atoms with Crippen LogP contribution in [0.5, 0.6) is 0 Å². The molecular formula is C37H63N10O5S2+. The number of nitrogens with zero attached hydrogens (tertiary/aromatic N) is 6. The first-order valence-electron chi connectivity index (χ1n) is 19.3. The highest BCUT2D eigenvalue weighted by molar-refractivity contribution is 8.02. The lowest BCUT2D eigenvalue weighted by Crippen LogP contribution is -2.57. The van der Waals surface area contributed by atoms with Gasteiger partial charge in [0, 0.05) is 81.2 Å². The number of alkyl carbamates (subject to hydrolysis) is 1. The largest absolute Gasteiger partial charge is 0.444 e. The van der Waals surface area contributed by atoms with Crippen molar-refractivity contribution in [3.05, 3.63) is 27.2 Å². The van der Waals surface area contributed by atoms with Crippen molar-refractivity contribution in [3.8, 4) is 0 Å². The Morgan fingerprint density at radius 3 is 2.50 bits per heavy atom. The number of aliphatic imine (C=N–C) groups is 1. The first-order chi connectivity index (χ1) is 26.1. The lowest BCUT2D eigenvalue weighted by atomic mass is 10.0. The van der Waals surface area contributed by atoms with E-state index in [1.165, 1.54) is 11.8 Å². The van der Waals surface area contributed by atoms with Crippen LogP contribution in [0.25, 0.3) is 0 Å². The third-order valence-corrected chi connectivity index (χ3v) is 11.6. The van der Waals surface area contributed by atoms with E-state index in [4.69, 9.17) is 14.5 Å². The number of carbonyl (C=O) groups is 3. The number of ether oxygens (including phenoxy) is 2. The zero-order valence-corrected chi connectivity index (χ0v) is 34.5. The summed E-state index contributed by atoms with van der Waals surface area (Å²) in [4.78, 5) is 54.9. The molecule has 15 nitrogen and oxygen atoms in total. The van der Waals surface area contributed by atoms with Crippen molar-refractivity contribution in [2.75, 3.05) is 85.5 Å². The minimum atomic E-state index is -0.768. The fourth-order valence-corrected chi connectivity index (χ4v) is 7.13. The Morgan fingerprint density at radius 2 is 1.87 bits per heavy atom. The van der Waals surface area contributed by atoms with Crippen LogP contribution in [0.3, 0.4) is 0 Å². The van der Waals surface area contributed by atoms with Crippen LogP contribution in [-0.4, -0.2) is 159 Å². The van der Waals surface area contributed by atoms with Crippen molar-refractivity contribution < 1.29 is 28.4 Å². The zero-order chi connectivity index (χ0) is 38.9. The number of nitrogens with one attached hydrogen (secondary N) is 4. The molecule has 3 unspecified atom stereocenters. The van der Waals surface area contributed by atoms with Gasteiger partial charge in [0.15, 0.2) is 6.54 Å². The van der Waals surface area contributed by atoms with E-state index in [0.717, 1.165) is 54.6 Å². The normalized spacial score (nSPS) is 18.5. The maximum absolute atomic E-state index is 14.2. The van der Waals surface area contributed by atoms with E-state index in [2.05, 4.69) is 56.7 Å². The van der Waals surface area contributed by atoms with Gasteiger partial charge in [0.25, 0.3) is 0 Å². The van der Waals surface area contributed by atoms with Gasteiger partial charge >= 0.3 is 12.1 Å². The number of hydrogen-bond donors (Lipinski definition) is 4. The van der Waals surface area contributed by atoms with E-state index >= 15 is 0 Å². The number of hydrazine groups is 1. The molecule has 0 aromatic carbocycles. The monoisotopic (exact) mass is 791 g/mol. The molecule has 4 N–H and O–H groups in total. The molecule has 1 aliphatic carbocycles. The summed E-state index contributed by atoms with van der Waals surface area (Å²) in [6.45, 7) is 17.5. The van der Waals surface area contributed by atoms with Gasteiger partial charge in [0.1, 0.15) is 25.9 Å². The van der Waals surface area contributed by atoms with Gasteiger partial charge in [-0.2, -0.15) is 0 Å². The number of thiazole rings is 1. The SMILES string of the molecule is C=NC=C(COC(=O)NC(CCC(C[N+](C)=CC)NC(=O)C(CCN1CCOCC1)NC(=O)N(Cc1csc(C(C)C)n1)NCC1CC1)CN1CC1)SC. The van der Waals surface area contributed by atoms with Crippen LogP contribution in [0.15, 0.2) is 21.5 Å². The van der Waals surface area contributed by atoms with E-state index in [1.54, 1.807) is 22.5 Å². The summed E-state index contributed by atoms with van der Waals surface area (Å²) >= 11 is 3.05. The number of likely N-dealkylation sites (N-methyl/N-ethyl adjacent to an activating group) is 1. The second-order valence-corrected chi connectivity index (χ2v) is 16.5. The maximum atomic E-state index is 14.2. The van der Waals surface area contributed by atoms with Crippen molar-refractivity contribution in [1.29, 1.82) is 0 Å². The third-order valence-electron chi connectivity index (χ3n) is 9.69. The van der Waals surface area contributed by atoms with Crippen molar-refractivity contribution in [2.24, 2.45) is 10.9 Å². The van der Waals surface area contributed by atoms with Gasteiger partial charge in [0.2, 0.25) is 5.91 Å². The van der Waals surface area contributed by atoms with E-state index in [9.17, 15) is 14.4 Å². The van der Waals surface area contributed by atoms with Gasteiger partial charge in [-0.15, -0.1) is 23.1 Å². The molecule has 17 heteroatoms. The molecule has 3 fully saturated rings. The minimum Gasteiger partial charge on any atom is -0.444 e. The quantitative estimate of drug-likeness (QED) is 0.0532. The van der Waals surface area contributed by atoms with Crippen LogP contribution in [0.1, 0.15) is 69.5 Å². The van der Waals surface area contributed by atoms with E-state index < -0.39 is 12.1 Å². The molecule has 0 spiro atoms. The summed E-state index contributed by atoms with van der Waals surface area (Å²) in [5.41, 5.74) is 4.16. The number of urea groups is 1. The molecule has 3 heterocycles. The Morgan fingerprint density at radius 1 is 1.13 bits per heavy atom. The van der Waals surface area contributed by atoms with E-state index in [1.807, 2.05) is 36.4 Å². The smallest absolute Gasteiger partial charge is 0.407 e. The molecule has 2 aliphatic heterocycles. The number of amides is 4. The van der Waals surface area contributed by atoms with Gasteiger partial charge in [-0.05, 0) is 51.0 Å². The highest BCUT2D eigenvalue weighted by Gasteiger charge is 2.31. The summed E-state index contributed by atoms with van der Waals surface area (Å²) < 4.78 is 13.1. The summed E-state index contributed by atoms with van der Waals surface area (Å²) in [6, 6.07) is -1.53. The summed E-state index contributed by atoms with van der Waals surface area (Å²) in [5.74, 6) is 0.621. The Balaban J connectivity index is 1.44. The van der Waals surface area contributed by atoms with Crippen molar-refractivity contribution in [1.82, 2.24) is 41.2 Å². The van der Waals surface area contributed by atoms with Gasteiger partial charge in [-0.3, -0.25) is 24.6 Å². The molecule has 3 aliphatic rings. The Bertz CT molecular complexity index is 1410. The summed E-state index contributed by atoms with van der Waals surface area (Å²) in [5, 5.41) is 14.0. The first-order valence-corrected chi connectivity index (χ1v) is 21.4. The van der Waals surface area contributed by atoms with Crippen LogP contribution in [-0.2, 0) is 20.8 Å². The predicted octanol–water partition coefficient (Wildman–Crippen LogP) is 3.10. The van der Waals surface area contributed by atoms with Gasteiger partial charge in [-0.1, -0.05) is 13.8 Å². The maximum Gasteiger partial charge on any atom is 0.407 e. The molecule has 54 heavy (non-hydrogen) atoms. The molecule has 1 saturated carbocycles. The van der Waals surface area contributed by atoms with Crippen LogP contribution in [0, 0.1) is 5.92 Å². The van der Waals surface area contributed by atoms with Crippen molar-refractivity contribution in [3.63, 3.8) is 0 Å². The molecule has 302 valence electrons. The van der Waals surface area contributed by atoms with Gasteiger partial charge in [0.05, 0.1) is 36.5 Å². The highest BCUT2D eigenvalue weighted by Crippen LogP contribution is 2.28. The fraction of sp³-hybridized carbons (Fsp3) is 0.730. The highest BCUT2D eigenvalue weighted by atomic mass is 32.2. The lowest BCUT2D eigenvalue weighted by molar-refractivity contribution is -0.496. The molecular weight excluding hydrogens is 729 g/mol. The first kappa shape index (κ1) is 43.6. The van der Waals surface area contributed by atoms with Crippen molar-refractivity contribution in [2.45, 2.75) is 83.5 Å². The number of hydrogen-bond acceptors (Lipinski definition) is 12. The average Bonchev–Trinajstić information content (AvgIpc) is 4.11. The van der Waals surface area contributed by atoms with Crippen LogP contribution >= 0.6 is 23.1 Å². The standard InChI is InChI=1S/C37H62N10O5S2/c1-7-44(5)22-29(10-11-30(23-46-14-15-46)42-37(50)52-25-32(53-6)21-38-4)40-34(48)33(12-13-45-16-18-51-19-17-45)43-36(49)47(39-20-28-8-9-28)24-31-26-54-35(41-31)27(2)3/h7,21,26-30,33,39H,4,8-20,22-25H2,1-3,5-6H3,(H2-,40,42,43,48,49,50)/p+1. The molecule has 3 atom stereocenters. The topological polar surface area (TPSA) is 156 Å². The van der Waals surface area contributed by atoms with Crippen molar-refractivity contribution >= 4 is 54.1 Å². The lowest BCUT2D eigenvalue weighted by Gasteiger charge is -2.30. The molecule has 4 rings (SSSR count). The Kier molecular flexibility index (Phi) is 18.7. The number of aromatic nitrogens is 1. The zero-order valence-electron chi connectivity index (χ0n) is 32.9. The van der Waals surface area contributed by atoms with E-state index in [-0.39, 0.29) is 30.6 Å². The molecule has 1 aromatic rings. The predicted molar refractivity (Wildman–Crippen MR) is 216 cm³/mol. The average molecular weight is 792 g/mol. The minimum absolute atomic E-state index is 0.117. The van der Waals surface area contributed by atoms with Crippen LogP contribution in [0.4, 0.5) is 9.59 Å². The van der Waals surface area contributed by atoms with Crippen LogP contribution in [0.2, 0.25) is 0 Å². The molecule has 1 aromatic heterocycles. The van der Waals surface area contributed by atoms with Gasteiger partial charge in [-0.25, -0.2) is 24.6 Å². The fourth-order valence-electron chi connectivity index (χ4n) is 5.95. The second-order valence-electron chi connectivity index (χ2n) is 14.6. The number of rotatable bonds is 24. The number of morpholine rings is 1. The van der Waals surface area contributed by atoms with Gasteiger partial charge < -0.3 is 25.4 Å².